The molecule has 0 spiro atoms. The van der Waals surface area contributed by atoms with E-state index in [1.165, 1.54) is 0 Å². The molecule has 1 atom stereocenters. The Kier molecular flexibility index (Phi) is 6.89. The molecule has 1 aromatic rings. The summed E-state index contributed by atoms with van der Waals surface area (Å²) in [6.07, 6.45) is 5.68. The lowest BCUT2D eigenvalue weighted by Crippen LogP contribution is -2.52. The Morgan fingerprint density at radius 2 is 2.07 bits per heavy atom. The van der Waals surface area contributed by atoms with Crippen LogP contribution in [-0.2, 0) is 9.47 Å². The topological polar surface area (TPSA) is 51.7 Å². The third kappa shape index (κ3) is 5.00. The molecular weight excluding hydrogens is 352 g/mol. The van der Waals surface area contributed by atoms with Crippen LogP contribution in [0.15, 0.2) is 24.4 Å². The minimum atomic E-state index is -0.364. The average Bonchev–Trinajstić information content (AvgIpc) is 2.67. The second-order valence-corrected chi connectivity index (χ2v) is 9.27. The van der Waals surface area contributed by atoms with Crippen molar-refractivity contribution < 1.29 is 14.3 Å². The summed E-state index contributed by atoms with van der Waals surface area (Å²) in [4.78, 5) is 20.6. The standard InChI is InChI=1S/C23H36N2O3/c1-18(2)27-16-14-25-12-8-19(9-13-25)23(10-15-28-22(3,4)17-23)21(26)20-7-5-6-11-24-20/h5-7,11,18-19H,8-10,12-17H2,1-4H3/t23-/m1/s1. The molecule has 3 heterocycles. The van der Waals surface area contributed by atoms with Crippen LogP contribution >= 0.6 is 0 Å². The van der Waals surface area contributed by atoms with Crippen molar-refractivity contribution in [3.8, 4) is 0 Å². The molecule has 2 aliphatic heterocycles. The van der Waals surface area contributed by atoms with Crippen LogP contribution in [-0.4, -0.2) is 60.2 Å². The lowest BCUT2D eigenvalue weighted by atomic mass is 9.60. The van der Waals surface area contributed by atoms with E-state index >= 15 is 0 Å². The number of nitrogens with zero attached hydrogens (tertiary/aromatic N) is 2. The zero-order chi connectivity index (χ0) is 20.2. The van der Waals surface area contributed by atoms with Gasteiger partial charge in [0.15, 0.2) is 5.78 Å². The Balaban J connectivity index is 1.73. The van der Waals surface area contributed by atoms with Gasteiger partial charge >= 0.3 is 0 Å². The Bertz CT molecular complexity index is 639. The van der Waals surface area contributed by atoms with Gasteiger partial charge < -0.3 is 14.4 Å². The molecule has 156 valence electrons. The molecule has 1 aromatic heterocycles. The summed E-state index contributed by atoms with van der Waals surface area (Å²) in [5.74, 6) is 0.596. The van der Waals surface area contributed by atoms with Crippen molar-refractivity contribution in [2.75, 3.05) is 32.8 Å². The largest absolute Gasteiger partial charge is 0.377 e. The van der Waals surface area contributed by atoms with Crippen molar-refractivity contribution in [2.24, 2.45) is 11.3 Å². The smallest absolute Gasteiger partial charge is 0.187 e. The molecule has 28 heavy (non-hydrogen) atoms. The van der Waals surface area contributed by atoms with Gasteiger partial charge in [-0.25, -0.2) is 0 Å². The maximum absolute atomic E-state index is 13.7. The van der Waals surface area contributed by atoms with E-state index < -0.39 is 0 Å². The first-order chi connectivity index (χ1) is 13.3. The van der Waals surface area contributed by atoms with Gasteiger partial charge in [0.1, 0.15) is 5.69 Å². The molecule has 0 N–H and O–H groups in total. The molecule has 0 saturated carbocycles. The Morgan fingerprint density at radius 1 is 1.32 bits per heavy atom. The van der Waals surface area contributed by atoms with Crippen LogP contribution in [0, 0.1) is 11.3 Å². The van der Waals surface area contributed by atoms with Crippen LogP contribution in [0.25, 0.3) is 0 Å². The predicted molar refractivity (Wildman–Crippen MR) is 111 cm³/mol. The highest BCUT2D eigenvalue weighted by Gasteiger charge is 2.52. The first-order valence-corrected chi connectivity index (χ1v) is 10.8. The molecule has 0 unspecified atom stereocenters. The van der Waals surface area contributed by atoms with Gasteiger partial charge in [0.25, 0.3) is 0 Å². The second-order valence-electron chi connectivity index (χ2n) is 9.27. The average molecular weight is 389 g/mol. The number of likely N-dealkylation sites (tertiary alicyclic amines) is 1. The number of pyridine rings is 1. The second kappa shape index (κ2) is 9.02. The summed E-state index contributed by atoms with van der Waals surface area (Å²) >= 11 is 0. The van der Waals surface area contributed by atoms with Crippen molar-refractivity contribution >= 4 is 5.78 Å². The summed E-state index contributed by atoms with van der Waals surface area (Å²) in [6.45, 7) is 12.8. The van der Waals surface area contributed by atoms with Gasteiger partial charge in [0.2, 0.25) is 0 Å². The third-order valence-electron chi connectivity index (χ3n) is 6.36. The van der Waals surface area contributed by atoms with Gasteiger partial charge in [0, 0.05) is 24.8 Å². The SMILES string of the molecule is CC(C)OCCN1CCC([C@@]2(C(=O)c3ccccn3)CCOC(C)(C)C2)CC1. The summed E-state index contributed by atoms with van der Waals surface area (Å²) in [7, 11) is 0. The number of aromatic nitrogens is 1. The first-order valence-electron chi connectivity index (χ1n) is 10.8. The Morgan fingerprint density at radius 3 is 2.68 bits per heavy atom. The van der Waals surface area contributed by atoms with Crippen molar-refractivity contribution in [1.82, 2.24) is 9.88 Å². The molecule has 0 bridgehead atoms. The third-order valence-corrected chi connectivity index (χ3v) is 6.36. The maximum atomic E-state index is 13.7. The van der Waals surface area contributed by atoms with Crippen LogP contribution in [0.5, 0.6) is 0 Å². The number of ether oxygens (including phenoxy) is 2. The number of carbonyl (C=O) groups excluding carboxylic acids is 1. The number of rotatable bonds is 7. The van der Waals surface area contributed by atoms with Crippen molar-refractivity contribution in [3.63, 3.8) is 0 Å². The molecule has 0 aliphatic carbocycles. The monoisotopic (exact) mass is 388 g/mol. The lowest BCUT2D eigenvalue weighted by Gasteiger charge is -2.50. The van der Waals surface area contributed by atoms with Crippen LogP contribution in [0.3, 0.4) is 0 Å². The fourth-order valence-corrected chi connectivity index (χ4v) is 5.02. The molecule has 5 heteroatoms. The zero-order valence-corrected chi connectivity index (χ0v) is 17.9. The maximum Gasteiger partial charge on any atom is 0.187 e. The number of carbonyl (C=O) groups is 1. The molecule has 2 saturated heterocycles. The van der Waals surface area contributed by atoms with Crippen LogP contribution in [0.1, 0.15) is 63.9 Å². The first kappa shape index (κ1) is 21.4. The van der Waals surface area contributed by atoms with Crippen LogP contribution < -0.4 is 0 Å². The highest BCUT2D eigenvalue weighted by molar-refractivity contribution is 5.99. The molecule has 5 nitrogen and oxygen atoms in total. The Hall–Kier alpha value is -1.30. The van der Waals surface area contributed by atoms with Crippen molar-refractivity contribution in [2.45, 2.75) is 65.1 Å². The summed E-state index contributed by atoms with van der Waals surface area (Å²) in [5, 5.41) is 0. The van der Waals surface area contributed by atoms with E-state index in [0.29, 0.717) is 18.2 Å². The fourth-order valence-electron chi connectivity index (χ4n) is 5.02. The van der Waals surface area contributed by atoms with Crippen LogP contribution in [0.4, 0.5) is 0 Å². The number of Topliss-reactive ketones (excluding diaryl/α,β-unsaturated/α-hetero) is 1. The van der Waals surface area contributed by atoms with Gasteiger partial charge in [-0.2, -0.15) is 0 Å². The quantitative estimate of drug-likeness (QED) is 0.662. The highest BCUT2D eigenvalue weighted by Crippen LogP contribution is 2.49. The molecule has 0 radical (unpaired) electrons. The van der Waals surface area contributed by atoms with E-state index in [0.717, 1.165) is 51.9 Å². The van der Waals surface area contributed by atoms with Crippen molar-refractivity contribution in [3.05, 3.63) is 30.1 Å². The summed E-state index contributed by atoms with van der Waals surface area (Å²) in [5.41, 5.74) is -0.0328. The van der Waals surface area contributed by atoms with Gasteiger partial charge in [-0.3, -0.25) is 9.78 Å². The van der Waals surface area contributed by atoms with Gasteiger partial charge in [0.05, 0.1) is 18.3 Å². The van der Waals surface area contributed by atoms with E-state index in [-0.39, 0.29) is 22.9 Å². The lowest BCUT2D eigenvalue weighted by molar-refractivity contribution is -0.114. The van der Waals surface area contributed by atoms with E-state index in [2.05, 4.69) is 37.6 Å². The number of hydrogen-bond acceptors (Lipinski definition) is 5. The van der Waals surface area contributed by atoms with E-state index in [1.54, 1.807) is 6.20 Å². The van der Waals surface area contributed by atoms with Crippen molar-refractivity contribution in [1.29, 1.82) is 0 Å². The van der Waals surface area contributed by atoms with E-state index in [9.17, 15) is 4.79 Å². The van der Waals surface area contributed by atoms with Gasteiger partial charge in [-0.15, -0.1) is 0 Å². The van der Waals surface area contributed by atoms with E-state index in [1.807, 2.05) is 18.2 Å². The minimum Gasteiger partial charge on any atom is -0.377 e. The minimum absolute atomic E-state index is 0.214. The molecule has 3 rings (SSSR count). The molecule has 2 aliphatic rings. The number of piperidine rings is 1. The predicted octanol–water partition coefficient (Wildman–Crippen LogP) is 3.98. The normalized spacial score (nSPS) is 26.5. The fraction of sp³-hybridized carbons (Fsp3) is 0.739. The summed E-state index contributed by atoms with van der Waals surface area (Å²) in [6, 6.07) is 5.65. The molecule has 2 fully saturated rings. The molecular formula is C23H36N2O3. The molecule has 0 amide bonds. The van der Waals surface area contributed by atoms with Gasteiger partial charge in [-0.1, -0.05) is 6.07 Å². The van der Waals surface area contributed by atoms with Gasteiger partial charge in [-0.05, 0) is 84.5 Å². The Labute approximate surface area is 169 Å². The van der Waals surface area contributed by atoms with Crippen LogP contribution in [0.2, 0.25) is 0 Å². The number of hydrogen-bond donors (Lipinski definition) is 0. The number of ketones is 1. The zero-order valence-electron chi connectivity index (χ0n) is 17.9. The summed E-state index contributed by atoms with van der Waals surface area (Å²) < 4.78 is 11.7. The molecule has 0 aromatic carbocycles. The van der Waals surface area contributed by atoms with E-state index in [4.69, 9.17) is 9.47 Å². The highest BCUT2D eigenvalue weighted by atomic mass is 16.5.